The highest BCUT2D eigenvalue weighted by Crippen LogP contribution is 2.37. The van der Waals surface area contributed by atoms with Crippen LogP contribution in [0.25, 0.3) is 0 Å². The summed E-state index contributed by atoms with van der Waals surface area (Å²) >= 11 is 5.04. The second-order valence-corrected chi connectivity index (χ2v) is 5.55. The third-order valence-corrected chi connectivity index (χ3v) is 3.75. The molecule has 0 unspecified atom stereocenters. The summed E-state index contributed by atoms with van der Waals surface area (Å²) in [6, 6.07) is 3.38. The Hall–Kier alpha value is -2.28. The molecule has 0 atom stereocenters. The number of rotatable bonds is 6. The minimum atomic E-state index is -0.205. The molecule has 6 nitrogen and oxygen atoms in total. The molecule has 2 aromatic rings. The molecule has 2 rings (SSSR count). The van der Waals surface area contributed by atoms with Crippen molar-refractivity contribution < 1.29 is 14.6 Å². The molecule has 124 valence electrons. The van der Waals surface area contributed by atoms with Crippen LogP contribution in [0.3, 0.4) is 0 Å². The van der Waals surface area contributed by atoms with E-state index in [1.165, 1.54) is 14.2 Å². The fraction of sp³-hybridized carbons (Fsp3) is 0.375. The van der Waals surface area contributed by atoms with Gasteiger partial charge in [-0.2, -0.15) is 0 Å². The lowest BCUT2D eigenvalue weighted by Gasteiger charge is -2.12. The van der Waals surface area contributed by atoms with Gasteiger partial charge in [0.25, 0.3) is 5.56 Å². The molecule has 0 saturated heterocycles. The summed E-state index contributed by atoms with van der Waals surface area (Å²) in [6.45, 7) is 2.04. The molecule has 1 heterocycles. The number of aromatic nitrogens is 2. The van der Waals surface area contributed by atoms with Gasteiger partial charge in [-0.25, -0.2) is 0 Å². The Morgan fingerprint density at radius 2 is 1.78 bits per heavy atom. The number of phenolic OH excluding ortho intramolecular Hbond substituents is 1. The van der Waals surface area contributed by atoms with E-state index in [1.807, 2.05) is 6.92 Å². The Labute approximate surface area is 139 Å². The molecule has 3 N–H and O–H groups in total. The number of H-pyrrole nitrogens is 2. The fourth-order valence-electron chi connectivity index (χ4n) is 2.46. The van der Waals surface area contributed by atoms with Crippen molar-refractivity contribution in [3.63, 3.8) is 0 Å². The monoisotopic (exact) mass is 336 g/mol. The molecular weight excluding hydrogens is 316 g/mol. The zero-order valence-corrected chi connectivity index (χ0v) is 14.2. The summed E-state index contributed by atoms with van der Waals surface area (Å²) in [5, 5.41) is 9.97. The molecule has 0 saturated carbocycles. The molecule has 0 aliphatic rings. The average molecular weight is 336 g/mol. The van der Waals surface area contributed by atoms with Crippen molar-refractivity contribution >= 4 is 12.2 Å². The van der Waals surface area contributed by atoms with Crippen LogP contribution in [0.2, 0.25) is 0 Å². The largest absolute Gasteiger partial charge is 0.502 e. The Balaban J connectivity index is 2.51. The van der Waals surface area contributed by atoms with E-state index in [9.17, 15) is 9.90 Å². The van der Waals surface area contributed by atoms with Gasteiger partial charge in [-0.3, -0.25) is 9.78 Å². The van der Waals surface area contributed by atoms with Gasteiger partial charge in [-0.15, -0.1) is 0 Å². The van der Waals surface area contributed by atoms with Crippen LogP contribution in [0.4, 0.5) is 0 Å². The molecule has 1 aromatic heterocycles. The van der Waals surface area contributed by atoms with E-state index < -0.39 is 0 Å². The number of ether oxygens (including phenoxy) is 2. The van der Waals surface area contributed by atoms with Gasteiger partial charge in [0.1, 0.15) is 0 Å². The van der Waals surface area contributed by atoms with E-state index >= 15 is 0 Å². The Kier molecular flexibility index (Phi) is 5.44. The lowest BCUT2D eigenvalue weighted by Crippen LogP contribution is -2.18. The van der Waals surface area contributed by atoms with Gasteiger partial charge < -0.3 is 19.6 Å². The van der Waals surface area contributed by atoms with Crippen molar-refractivity contribution in [2.75, 3.05) is 14.2 Å². The number of aromatic hydroxyl groups is 1. The summed E-state index contributed by atoms with van der Waals surface area (Å²) in [7, 11) is 2.93. The number of hydrogen-bond acceptors (Lipinski definition) is 5. The first-order chi connectivity index (χ1) is 11.0. The van der Waals surface area contributed by atoms with Crippen LogP contribution in [0.1, 0.15) is 30.2 Å². The SMILES string of the molecule is CCCc1[nH]c(=S)[nH]c(=O)c1Cc1cc(OC)c(O)c(OC)c1. The number of phenols is 1. The maximum atomic E-state index is 12.3. The lowest BCUT2D eigenvalue weighted by molar-refractivity contribution is 0.339. The first kappa shape index (κ1) is 17.1. The molecule has 1 aromatic carbocycles. The topological polar surface area (TPSA) is 87.3 Å². The highest BCUT2D eigenvalue weighted by atomic mass is 32.1. The normalized spacial score (nSPS) is 10.6. The summed E-state index contributed by atoms with van der Waals surface area (Å²) in [6.07, 6.45) is 2.00. The second-order valence-electron chi connectivity index (χ2n) is 5.14. The first-order valence-electron chi connectivity index (χ1n) is 7.28. The van der Waals surface area contributed by atoms with Crippen molar-refractivity contribution in [3.05, 3.63) is 44.1 Å². The van der Waals surface area contributed by atoms with Crippen LogP contribution in [-0.2, 0) is 12.8 Å². The van der Waals surface area contributed by atoms with E-state index in [0.717, 1.165) is 24.1 Å². The molecule has 0 aliphatic carbocycles. The highest BCUT2D eigenvalue weighted by molar-refractivity contribution is 7.71. The van der Waals surface area contributed by atoms with Crippen molar-refractivity contribution in [1.82, 2.24) is 9.97 Å². The van der Waals surface area contributed by atoms with Gasteiger partial charge in [0.05, 0.1) is 14.2 Å². The Morgan fingerprint density at radius 1 is 1.17 bits per heavy atom. The number of nitrogens with one attached hydrogen (secondary N) is 2. The summed E-state index contributed by atoms with van der Waals surface area (Å²) in [4.78, 5) is 17.9. The number of aryl methyl sites for hydroxylation is 1. The zero-order valence-electron chi connectivity index (χ0n) is 13.4. The van der Waals surface area contributed by atoms with Crippen LogP contribution in [-0.4, -0.2) is 29.3 Å². The van der Waals surface area contributed by atoms with Crippen molar-refractivity contribution in [3.8, 4) is 17.2 Å². The first-order valence-corrected chi connectivity index (χ1v) is 7.69. The maximum absolute atomic E-state index is 12.3. The number of methoxy groups -OCH3 is 2. The minimum Gasteiger partial charge on any atom is -0.502 e. The third-order valence-electron chi connectivity index (χ3n) is 3.55. The van der Waals surface area contributed by atoms with E-state index in [2.05, 4.69) is 9.97 Å². The second kappa shape index (κ2) is 7.32. The van der Waals surface area contributed by atoms with Gasteiger partial charge >= 0.3 is 0 Å². The van der Waals surface area contributed by atoms with Gasteiger partial charge in [0.2, 0.25) is 5.75 Å². The number of aromatic amines is 2. The van der Waals surface area contributed by atoms with Gasteiger partial charge in [-0.05, 0) is 36.3 Å². The molecule has 0 radical (unpaired) electrons. The fourth-order valence-corrected chi connectivity index (χ4v) is 2.68. The van der Waals surface area contributed by atoms with Gasteiger partial charge in [0.15, 0.2) is 16.3 Å². The van der Waals surface area contributed by atoms with Crippen LogP contribution in [0.15, 0.2) is 16.9 Å². The number of hydrogen-bond donors (Lipinski definition) is 3. The predicted octanol–water partition coefficient (Wildman–Crippen LogP) is 2.70. The molecule has 0 fully saturated rings. The van der Waals surface area contributed by atoms with E-state index in [0.29, 0.717) is 28.3 Å². The zero-order chi connectivity index (χ0) is 17.0. The smallest absolute Gasteiger partial charge is 0.255 e. The Bertz CT molecular complexity index is 785. The molecule has 0 spiro atoms. The quantitative estimate of drug-likeness (QED) is 0.706. The van der Waals surface area contributed by atoms with Crippen LogP contribution in [0, 0.1) is 4.77 Å². The molecule has 0 amide bonds. The minimum absolute atomic E-state index is 0.0612. The molecular formula is C16H20N2O4S. The van der Waals surface area contributed by atoms with Crippen molar-refractivity contribution in [1.29, 1.82) is 0 Å². The third kappa shape index (κ3) is 3.73. The summed E-state index contributed by atoms with van der Waals surface area (Å²) in [5.41, 5.74) is 2.04. The molecule has 0 bridgehead atoms. The van der Waals surface area contributed by atoms with Crippen LogP contribution < -0.4 is 15.0 Å². The van der Waals surface area contributed by atoms with Crippen molar-refractivity contribution in [2.24, 2.45) is 0 Å². The molecule has 7 heteroatoms. The maximum Gasteiger partial charge on any atom is 0.255 e. The van der Waals surface area contributed by atoms with Gasteiger partial charge in [0, 0.05) is 17.7 Å². The van der Waals surface area contributed by atoms with Crippen LogP contribution in [0.5, 0.6) is 17.2 Å². The van der Waals surface area contributed by atoms with E-state index in [1.54, 1.807) is 12.1 Å². The van der Waals surface area contributed by atoms with Crippen molar-refractivity contribution in [2.45, 2.75) is 26.2 Å². The molecule has 23 heavy (non-hydrogen) atoms. The standard InChI is InChI=1S/C16H20N2O4S/c1-4-5-11-10(15(20)18-16(23)17-11)6-9-7-12(21-2)14(19)13(8-9)22-3/h7-8,19H,4-6H2,1-3H3,(H2,17,18,20,23). The van der Waals surface area contributed by atoms with Crippen LogP contribution >= 0.6 is 12.2 Å². The Morgan fingerprint density at radius 3 is 2.30 bits per heavy atom. The molecule has 0 aliphatic heterocycles. The van der Waals surface area contributed by atoms with Gasteiger partial charge in [-0.1, -0.05) is 13.3 Å². The van der Waals surface area contributed by atoms with E-state index in [-0.39, 0.29) is 11.3 Å². The average Bonchev–Trinajstić information content (AvgIpc) is 2.52. The highest BCUT2D eigenvalue weighted by Gasteiger charge is 2.14. The summed E-state index contributed by atoms with van der Waals surface area (Å²) < 4.78 is 10.6. The summed E-state index contributed by atoms with van der Waals surface area (Å²) in [5.74, 6) is 0.544. The predicted molar refractivity (Wildman–Crippen MR) is 90.3 cm³/mol. The van der Waals surface area contributed by atoms with E-state index in [4.69, 9.17) is 21.7 Å². The number of benzene rings is 1. The lowest BCUT2D eigenvalue weighted by atomic mass is 10.0.